The molecule has 0 aliphatic rings. The first kappa shape index (κ1) is 11.9. The van der Waals surface area contributed by atoms with Crippen molar-refractivity contribution in [3.63, 3.8) is 0 Å². The predicted octanol–water partition coefficient (Wildman–Crippen LogP) is 2.39. The standard InChI is InChI=1S/C13H10N2O3/c1-2-17-13(16)11-8-15-18-12(11)10-5-3-9(7-14)4-6-10/h3-6,8H,2H2,1H3. The Morgan fingerprint density at radius 2 is 2.17 bits per heavy atom. The first-order valence-electron chi connectivity index (χ1n) is 5.38. The monoisotopic (exact) mass is 242 g/mol. The van der Waals surface area contributed by atoms with Crippen molar-refractivity contribution in [3.05, 3.63) is 41.6 Å². The predicted molar refractivity (Wildman–Crippen MR) is 62.6 cm³/mol. The van der Waals surface area contributed by atoms with E-state index in [1.807, 2.05) is 6.07 Å². The number of rotatable bonds is 3. The summed E-state index contributed by atoms with van der Waals surface area (Å²) in [6, 6.07) is 8.70. The molecule has 0 unspecified atom stereocenters. The maximum Gasteiger partial charge on any atom is 0.343 e. The van der Waals surface area contributed by atoms with E-state index in [0.29, 0.717) is 16.9 Å². The quantitative estimate of drug-likeness (QED) is 0.772. The third-order valence-electron chi connectivity index (χ3n) is 2.34. The highest BCUT2D eigenvalue weighted by molar-refractivity contribution is 5.95. The van der Waals surface area contributed by atoms with Crippen LogP contribution >= 0.6 is 0 Å². The van der Waals surface area contributed by atoms with E-state index in [9.17, 15) is 4.79 Å². The third-order valence-corrected chi connectivity index (χ3v) is 2.34. The molecule has 2 rings (SSSR count). The molecule has 0 bridgehead atoms. The maximum atomic E-state index is 11.6. The highest BCUT2D eigenvalue weighted by Crippen LogP contribution is 2.24. The minimum atomic E-state index is -0.474. The van der Waals surface area contributed by atoms with E-state index in [0.717, 1.165) is 0 Å². The smallest absolute Gasteiger partial charge is 0.343 e. The first-order valence-corrected chi connectivity index (χ1v) is 5.38. The number of aromatic nitrogens is 1. The molecule has 5 nitrogen and oxygen atoms in total. The van der Waals surface area contributed by atoms with E-state index >= 15 is 0 Å². The van der Waals surface area contributed by atoms with E-state index in [1.165, 1.54) is 6.20 Å². The van der Waals surface area contributed by atoms with Crippen LogP contribution in [0, 0.1) is 11.3 Å². The van der Waals surface area contributed by atoms with Crippen molar-refractivity contribution in [3.8, 4) is 17.4 Å². The zero-order valence-corrected chi connectivity index (χ0v) is 9.71. The van der Waals surface area contributed by atoms with Gasteiger partial charge in [0.25, 0.3) is 0 Å². The van der Waals surface area contributed by atoms with Crippen molar-refractivity contribution in [2.45, 2.75) is 6.92 Å². The lowest BCUT2D eigenvalue weighted by Crippen LogP contribution is -2.04. The van der Waals surface area contributed by atoms with Gasteiger partial charge in [-0.25, -0.2) is 4.79 Å². The summed E-state index contributed by atoms with van der Waals surface area (Å²) in [4.78, 5) is 11.6. The van der Waals surface area contributed by atoms with Gasteiger partial charge >= 0.3 is 5.97 Å². The fourth-order valence-electron chi connectivity index (χ4n) is 1.50. The number of nitriles is 1. The Morgan fingerprint density at radius 1 is 1.44 bits per heavy atom. The van der Waals surface area contributed by atoms with E-state index in [2.05, 4.69) is 5.16 Å². The Hall–Kier alpha value is -2.61. The molecule has 0 aliphatic carbocycles. The molecule has 0 spiro atoms. The summed E-state index contributed by atoms with van der Waals surface area (Å²) in [5, 5.41) is 12.3. The fourth-order valence-corrected chi connectivity index (χ4v) is 1.50. The molecular weight excluding hydrogens is 232 g/mol. The number of carbonyl (C=O) groups excluding carboxylic acids is 1. The van der Waals surface area contributed by atoms with Gasteiger partial charge in [-0.3, -0.25) is 0 Å². The summed E-state index contributed by atoms with van der Waals surface area (Å²) >= 11 is 0. The van der Waals surface area contributed by atoms with Gasteiger partial charge in [-0.2, -0.15) is 5.26 Å². The van der Waals surface area contributed by atoms with E-state index in [4.69, 9.17) is 14.5 Å². The molecule has 0 aliphatic heterocycles. The molecule has 1 heterocycles. The lowest BCUT2D eigenvalue weighted by Gasteiger charge is -2.01. The highest BCUT2D eigenvalue weighted by atomic mass is 16.5. The number of ether oxygens (including phenoxy) is 1. The summed E-state index contributed by atoms with van der Waals surface area (Å²) in [5.41, 5.74) is 1.49. The number of nitrogens with zero attached hydrogens (tertiary/aromatic N) is 2. The Labute approximate surface area is 104 Å². The molecule has 0 saturated carbocycles. The largest absolute Gasteiger partial charge is 0.462 e. The van der Waals surface area contributed by atoms with Gasteiger partial charge in [-0.05, 0) is 31.2 Å². The topological polar surface area (TPSA) is 76.1 Å². The molecule has 0 saturated heterocycles. The molecule has 0 radical (unpaired) electrons. The van der Waals surface area contributed by atoms with Crippen LogP contribution in [0.1, 0.15) is 22.8 Å². The molecule has 0 N–H and O–H groups in total. The van der Waals surface area contributed by atoms with Gasteiger partial charge < -0.3 is 9.26 Å². The molecule has 90 valence electrons. The lowest BCUT2D eigenvalue weighted by atomic mass is 10.1. The van der Waals surface area contributed by atoms with Crippen LogP contribution in [0.3, 0.4) is 0 Å². The van der Waals surface area contributed by atoms with Crippen molar-refractivity contribution in [1.29, 1.82) is 5.26 Å². The average molecular weight is 242 g/mol. The van der Waals surface area contributed by atoms with Gasteiger partial charge in [-0.15, -0.1) is 0 Å². The second-order valence-corrected chi connectivity index (χ2v) is 3.48. The number of hydrogen-bond acceptors (Lipinski definition) is 5. The number of benzene rings is 1. The summed E-state index contributed by atoms with van der Waals surface area (Å²) in [6.45, 7) is 2.02. The van der Waals surface area contributed by atoms with Crippen molar-refractivity contribution >= 4 is 5.97 Å². The lowest BCUT2D eigenvalue weighted by molar-refractivity contribution is 0.0527. The second-order valence-electron chi connectivity index (χ2n) is 3.48. The van der Waals surface area contributed by atoms with Crippen molar-refractivity contribution in [2.75, 3.05) is 6.61 Å². The van der Waals surface area contributed by atoms with Crippen molar-refractivity contribution in [2.24, 2.45) is 0 Å². The summed E-state index contributed by atoms with van der Waals surface area (Å²) in [7, 11) is 0. The van der Waals surface area contributed by atoms with Crippen LogP contribution in [0.15, 0.2) is 35.0 Å². The summed E-state index contributed by atoms with van der Waals surface area (Å²) in [6.07, 6.45) is 1.32. The van der Waals surface area contributed by atoms with Crippen LogP contribution in [0.25, 0.3) is 11.3 Å². The first-order chi connectivity index (χ1) is 8.76. The van der Waals surface area contributed by atoms with Crippen LogP contribution in [0.5, 0.6) is 0 Å². The highest BCUT2D eigenvalue weighted by Gasteiger charge is 2.18. The van der Waals surface area contributed by atoms with Crippen molar-refractivity contribution < 1.29 is 14.1 Å². The van der Waals surface area contributed by atoms with E-state index in [-0.39, 0.29) is 12.2 Å². The molecule has 5 heteroatoms. The minimum Gasteiger partial charge on any atom is -0.462 e. The minimum absolute atomic E-state index is 0.279. The summed E-state index contributed by atoms with van der Waals surface area (Å²) in [5.74, 6) is -0.129. The number of hydrogen-bond donors (Lipinski definition) is 0. The van der Waals surface area contributed by atoms with E-state index < -0.39 is 5.97 Å². The summed E-state index contributed by atoms with van der Waals surface area (Å²) < 4.78 is 9.96. The average Bonchev–Trinajstić information content (AvgIpc) is 2.88. The Morgan fingerprint density at radius 3 is 2.78 bits per heavy atom. The van der Waals surface area contributed by atoms with Crippen LogP contribution in [0.4, 0.5) is 0 Å². The molecule has 2 aromatic rings. The van der Waals surface area contributed by atoms with Gasteiger partial charge in [0.05, 0.1) is 24.4 Å². The van der Waals surface area contributed by atoms with E-state index in [1.54, 1.807) is 31.2 Å². The molecule has 0 fully saturated rings. The Bertz CT molecular complexity index is 593. The van der Waals surface area contributed by atoms with Crippen molar-refractivity contribution in [1.82, 2.24) is 5.16 Å². The van der Waals surface area contributed by atoms with Crippen LogP contribution in [-0.2, 0) is 4.74 Å². The van der Waals surface area contributed by atoms with Crippen LogP contribution in [0.2, 0.25) is 0 Å². The Balaban J connectivity index is 2.36. The normalized spacial score (nSPS) is 9.78. The third kappa shape index (κ3) is 2.23. The maximum absolute atomic E-state index is 11.6. The fraction of sp³-hybridized carbons (Fsp3) is 0.154. The van der Waals surface area contributed by atoms with Gasteiger partial charge in [0.15, 0.2) is 5.76 Å². The molecular formula is C13H10N2O3. The number of esters is 1. The van der Waals surface area contributed by atoms with Gasteiger partial charge in [0, 0.05) is 5.56 Å². The Kier molecular flexibility index (Phi) is 3.39. The van der Waals surface area contributed by atoms with Gasteiger partial charge in [0.2, 0.25) is 0 Å². The second kappa shape index (κ2) is 5.15. The van der Waals surface area contributed by atoms with Gasteiger partial charge in [0.1, 0.15) is 5.56 Å². The van der Waals surface area contributed by atoms with Crippen LogP contribution < -0.4 is 0 Å². The zero-order chi connectivity index (χ0) is 13.0. The van der Waals surface area contributed by atoms with Gasteiger partial charge in [-0.1, -0.05) is 5.16 Å². The molecule has 1 aromatic heterocycles. The molecule has 0 atom stereocenters. The number of carbonyl (C=O) groups is 1. The van der Waals surface area contributed by atoms with Crippen LogP contribution in [-0.4, -0.2) is 17.7 Å². The molecule has 0 amide bonds. The SMILES string of the molecule is CCOC(=O)c1cnoc1-c1ccc(C#N)cc1. The molecule has 18 heavy (non-hydrogen) atoms. The zero-order valence-electron chi connectivity index (χ0n) is 9.71. The molecule has 1 aromatic carbocycles.